The molecule has 0 aliphatic rings. The zero-order valence-electron chi connectivity index (χ0n) is 23.0. The third-order valence-corrected chi connectivity index (χ3v) is 9.50. The van der Waals surface area contributed by atoms with Gasteiger partial charge in [-0.3, -0.25) is 13.9 Å². The van der Waals surface area contributed by atoms with Crippen LogP contribution in [0.15, 0.2) is 65.6 Å². The molecule has 0 aliphatic carbocycles. The first-order chi connectivity index (χ1) is 19.2. The summed E-state index contributed by atoms with van der Waals surface area (Å²) >= 11 is 24.7. The van der Waals surface area contributed by atoms with Crippen LogP contribution in [0.25, 0.3) is 0 Å². The van der Waals surface area contributed by atoms with Gasteiger partial charge < -0.3 is 10.2 Å². The number of anilines is 1. The minimum atomic E-state index is -4.24. The highest BCUT2D eigenvalue weighted by atomic mass is 35.5. The third kappa shape index (κ3) is 8.30. The maximum atomic E-state index is 14.1. The molecular weight excluding hydrogens is 628 g/mol. The molecule has 2 amide bonds. The Kier molecular flexibility index (Phi) is 11.4. The summed E-state index contributed by atoms with van der Waals surface area (Å²) in [6.45, 7) is 6.62. The van der Waals surface area contributed by atoms with Gasteiger partial charge in [0.05, 0.1) is 30.7 Å². The maximum absolute atomic E-state index is 14.1. The highest BCUT2D eigenvalue weighted by molar-refractivity contribution is 7.92. The molecule has 1 atom stereocenters. The molecule has 3 aromatic rings. The minimum absolute atomic E-state index is 0.0115. The summed E-state index contributed by atoms with van der Waals surface area (Å²) in [5.41, 5.74) is 1.63. The van der Waals surface area contributed by atoms with Gasteiger partial charge in [-0.1, -0.05) is 77.1 Å². The Morgan fingerprint density at radius 3 is 1.98 bits per heavy atom. The van der Waals surface area contributed by atoms with Gasteiger partial charge in [0.15, 0.2) is 0 Å². The van der Waals surface area contributed by atoms with Crippen LogP contribution in [-0.2, 0) is 26.2 Å². The van der Waals surface area contributed by atoms with E-state index in [1.165, 1.54) is 35.2 Å². The summed E-state index contributed by atoms with van der Waals surface area (Å²) < 4.78 is 28.8. The molecule has 0 unspecified atom stereocenters. The van der Waals surface area contributed by atoms with Gasteiger partial charge in [-0.15, -0.1) is 0 Å². The van der Waals surface area contributed by atoms with Gasteiger partial charge in [0.2, 0.25) is 11.8 Å². The molecule has 41 heavy (non-hydrogen) atoms. The van der Waals surface area contributed by atoms with Crippen LogP contribution in [-0.4, -0.2) is 43.8 Å². The zero-order valence-corrected chi connectivity index (χ0v) is 26.8. The lowest BCUT2D eigenvalue weighted by molar-refractivity contribution is -0.140. The van der Waals surface area contributed by atoms with Crippen LogP contribution in [0.3, 0.4) is 0 Å². The summed E-state index contributed by atoms with van der Waals surface area (Å²) in [5, 5.41) is 3.83. The SMILES string of the molecule is CC[C@@H](C(=O)NC(C)C)N(Cc1ccc(Cl)c(Cl)c1)C(=O)CN(c1ccc(Cl)c(Cl)c1)S(=O)(=O)c1ccc(C)cc1. The summed E-state index contributed by atoms with van der Waals surface area (Å²) in [7, 11) is -4.24. The molecule has 12 heteroatoms. The van der Waals surface area contributed by atoms with Crippen molar-refractivity contribution in [3.63, 3.8) is 0 Å². The Hall–Kier alpha value is -2.49. The number of aryl methyl sites for hydroxylation is 1. The molecule has 7 nitrogen and oxygen atoms in total. The number of nitrogens with one attached hydrogen (secondary N) is 1. The van der Waals surface area contributed by atoms with E-state index in [0.29, 0.717) is 10.6 Å². The Morgan fingerprint density at radius 2 is 1.44 bits per heavy atom. The van der Waals surface area contributed by atoms with Crippen LogP contribution in [0.4, 0.5) is 5.69 Å². The summed E-state index contributed by atoms with van der Waals surface area (Å²) in [6, 6.07) is 14.4. The second kappa shape index (κ2) is 14.1. The quantitative estimate of drug-likeness (QED) is 0.237. The molecule has 0 spiro atoms. The van der Waals surface area contributed by atoms with Crippen molar-refractivity contribution in [2.75, 3.05) is 10.8 Å². The first-order valence-corrected chi connectivity index (χ1v) is 15.8. The van der Waals surface area contributed by atoms with Gasteiger partial charge in [0.1, 0.15) is 12.6 Å². The minimum Gasteiger partial charge on any atom is -0.352 e. The monoisotopic (exact) mass is 657 g/mol. The number of carbonyl (C=O) groups excluding carboxylic acids is 2. The molecule has 0 saturated heterocycles. The topological polar surface area (TPSA) is 86.8 Å². The van der Waals surface area contributed by atoms with E-state index in [0.717, 1.165) is 9.87 Å². The van der Waals surface area contributed by atoms with Crippen molar-refractivity contribution in [2.45, 2.75) is 57.6 Å². The highest BCUT2D eigenvalue weighted by Gasteiger charge is 2.34. The Labute approximate surface area is 261 Å². The van der Waals surface area contributed by atoms with E-state index in [1.807, 2.05) is 20.8 Å². The van der Waals surface area contributed by atoms with E-state index in [-0.39, 0.29) is 50.6 Å². The Morgan fingerprint density at radius 1 is 0.854 bits per heavy atom. The standard InChI is InChI=1S/C29H31Cl4N3O4S/c1-5-27(29(38)34-18(2)3)35(16-20-8-12-23(30)25(32)14-20)28(37)17-36(21-9-13-24(31)26(33)15-21)41(39,40)22-10-6-19(4)7-11-22/h6-15,18,27H,5,16-17H2,1-4H3,(H,34,38)/t27-/m0/s1. The molecule has 0 aromatic heterocycles. The average molecular weight is 659 g/mol. The molecule has 3 aromatic carbocycles. The fraction of sp³-hybridized carbons (Fsp3) is 0.310. The lowest BCUT2D eigenvalue weighted by Gasteiger charge is -2.33. The number of carbonyl (C=O) groups is 2. The van der Waals surface area contributed by atoms with E-state index in [2.05, 4.69) is 5.32 Å². The number of rotatable bonds is 11. The van der Waals surface area contributed by atoms with E-state index < -0.39 is 28.5 Å². The van der Waals surface area contributed by atoms with Crippen molar-refractivity contribution >= 4 is 73.9 Å². The fourth-order valence-corrected chi connectivity index (χ4v) is 6.16. The van der Waals surface area contributed by atoms with Crippen molar-refractivity contribution in [1.29, 1.82) is 0 Å². The number of sulfonamides is 1. The third-order valence-electron chi connectivity index (χ3n) is 6.23. The zero-order chi connectivity index (χ0) is 30.5. The number of nitrogens with zero attached hydrogens (tertiary/aromatic N) is 2. The van der Waals surface area contributed by atoms with E-state index >= 15 is 0 Å². The number of hydrogen-bond acceptors (Lipinski definition) is 4. The summed E-state index contributed by atoms with van der Waals surface area (Å²) in [5.74, 6) is -0.970. The molecule has 3 rings (SSSR count). The van der Waals surface area contributed by atoms with Gasteiger partial charge in [-0.25, -0.2) is 8.42 Å². The predicted molar refractivity (Wildman–Crippen MR) is 167 cm³/mol. The van der Waals surface area contributed by atoms with Gasteiger partial charge in [-0.05, 0) is 75.2 Å². The van der Waals surface area contributed by atoms with Gasteiger partial charge in [0.25, 0.3) is 10.0 Å². The van der Waals surface area contributed by atoms with Crippen LogP contribution in [0.2, 0.25) is 20.1 Å². The van der Waals surface area contributed by atoms with Crippen LogP contribution in [0.5, 0.6) is 0 Å². The molecule has 0 aliphatic heterocycles. The lowest BCUT2D eigenvalue weighted by atomic mass is 10.1. The smallest absolute Gasteiger partial charge is 0.264 e. The molecule has 0 saturated carbocycles. The second-order valence-corrected chi connectivity index (χ2v) is 13.3. The van der Waals surface area contributed by atoms with Crippen LogP contribution >= 0.6 is 46.4 Å². The molecule has 0 radical (unpaired) electrons. The Bertz CT molecular complexity index is 1510. The number of amides is 2. The second-order valence-electron chi connectivity index (χ2n) is 9.78. The maximum Gasteiger partial charge on any atom is 0.264 e. The first kappa shape index (κ1) is 33.0. The first-order valence-electron chi connectivity index (χ1n) is 12.8. The molecule has 220 valence electrons. The number of halogens is 4. The fourth-order valence-electron chi connectivity index (χ4n) is 4.14. The average Bonchev–Trinajstić information content (AvgIpc) is 2.90. The number of hydrogen-bond donors (Lipinski definition) is 1. The summed E-state index contributed by atoms with van der Waals surface area (Å²) in [6.07, 6.45) is 0.281. The molecule has 0 bridgehead atoms. The van der Waals surface area contributed by atoms with E-state index in [4.69, 9.17) is 46.4 Å². The van der Waals surface area contributed by atoms with Crippen molar-refractivity contribution in [3.8, 4) is 0 Å². The van der Waals surface area contributed by atoms with Crippen LogP contribution in [0.1, 0.15) is 38.3 Å². The summed E-state index contributed by atoms with van der Waals surface area (Å²) in [4.78, 5) is 28.6. The molecule has 1 N–H and O–H groups in total. The van der Waals surface area contributed by atoms with Gasteiger partial charge in [-0.2, -0.15) is 0 Å². The largest absolute Gasteiger partial charge is 0.352 e. The van der Waals surface area contributed by atoms with E-state index in [1.54, 1.807) is 37.3 Å². The van der Waals surface area contributed by atoms with E-state index in [9.17, 15) is 18.0 Å². The molecule has 0 heterocycles. The van der Waals surface area contributed by atoms with Crippen molar-refractivity contribution in [3.05, 3.63) is 91.9 Å². The highest BCUT2D eigenvalue weighted by Crippen LogP contribution is 2.31. The Balaban J connectivity index is 2.10. The van der Waals surface area contributed by atoms with Crippen LogP contribution in [0, 0.1) is 6.92 Å². The van der Waals surface area contributed by atoms with Crippen molar-refractivity contribution in [1.82, 2.24) is 10.2 Å². The van der Waals surface area contributed by atoms with Crippen molar-refractivity contribution in [2.24, 2.45) is 0 Å². The normalized spacial score (nSPS) is 12.2. The number of benzene rings is 3. The van der Waals surface area contributed by atoms with Crippen LogP contribution < -0.4 is 9.62 Å². The molecular formula is C29H31Cl4N3O4S. The van der Waals surface area contributed by atoms with Gasteiger partial charge >= 0.3 is 0 Å². The molecule has 0 fully saturated rings. The lowest BCUT2D eigenvalue weighted by Crippen LogP contribution is -2.53. The van der Waals surface area contributed by atoms with Gasteiger partial charge in [0, 0.05) is 12.6 Å². The van der Waals surface area contributed by atoms with Crippen molar-refractivity contribution < 1.29 is 18.0 Å². The predicted octanol–water partition coefficient (Wildman–Crippen LogP) is 7.14.